The molecule has 3 nitrogen and oxygen atoms in total. The van der Waals surface area contributed by atoms with Gasteiger partial charge in [0.25, 0.3) is 0 Å². The van der Waals surface area contributed by atoms with Crippen molar-refractivity contribution in [1.29, 1.82) is 0 Å². The van der Waals surface area contributed by atoms with Gasteiger partial charge in [0.05, 0.1) is 5.56 Å². The summed E-state index contributed by atoms with van der Waals surface area (Å²) >= 11 is 0. The maximum absolute atomic E-state index is 12.1. The van der Waals surface area contributed by atoms with Gasteiger partial charge in [-0.15, -0.1) is 0 Å². The largest absolute Gasteiger partial charge is 0.399 e. The van der Waals surface area contributed by atoms with E-state index in [4.69, 9.17) is 11.5 Å². The molecule has 3 rings (SSSR count). The molecule has 0 unspecified atom stereocenters. The average molecular weight is 291 g/mol. The summed E-state index contributed by atoms with van der Waals surface area (Å²) in [6.07, 6.45) is 6.57. The number of rotatable bonds is 3. The van der Waals surface area contributed by atoms with E-state index < -0.39 is 5.91 Å². The number of hydrogen-bond donors (Lipinski definition) is 2. The molecule has 0 aromatic heterocycles. The second-order valence-corrected chi connectivity index (χ2v) is 5.60. The first kappa shape index (κ1) is 14.4. The zero-order valence-electron chi connectivity index (χ0n) is 12.4. The molecule has 1 amide bonds. The topological polar surface area (TPSA) is 69.1 Å². The van der Waals surface area contributed by atoms with E-state index in [1.54, 1.807) is 0 Å². The fourth-order valence-corrected chi connectivity index (χ4v) is 2.98. The highest BCUT2D eigenvalue weighted by Crippen LogP contribution is 2.34. The molecule has 0 saturated heterocycles. The summed E-state index contributed by atoms with van der Waals surface area (Å²) in [4.78, 5) is 12.1. The van der Waals surface area contributed by atoms with Crippen LogP contribution in [-0.2, 0) is 0 Å². The van der Waals surface area contributed by atoms with Crippen LogP contribution in [0.25, 0.3) is 16.7 Å². The second-order valence-electron chi connectivity index (χ2n) is 5.60. The first-order valence-electron chi connectivity index (χ1n) is 7.56. The van der Waals surface area contributed by atoms with Gasteiger partial charge in [0, 0.05) is 5.69 Å². The molecule has 0 heterocycles. The zero-order chi connectivity index (χ0) is 15.5. The number of anilines is 1. The van der Waals surface area contributed by atoms with Crippen molar-refractivity contribution in [3.8, 4) is 11.1 Å². The van der Waals surface area contributed by atoms with Gasteiger partial charge in [-0.05, 0) is 66.1 Å². The van der Waals surface area contributed by atoms with Gasteiger partial charge in [-0.3, -0.25) is 4.79 Å². The Morgan fingerprint density at radius 2 is 1.86 bits per heavy atom. The quantitative estimate of drug-likeness (QED) is 0.845. The van der Waals surface area contributed by atoms with E-state index >= 15 is 0 Å². The van der Waals surface area contributed by atoms with Crippen molar-refractivity contribution in [3.05, 3.63) is 59.7 Å². The predicted molar refractivity (Wildman–Crippen MR) is 90.1 cm³/mol. The molecule has 111 valence electrons. The molecular formula is C19H19N2O. The molecule has 0 aliphatic heterocycles. The maximum Gasteiger partial charge on any atom is 0.249 e. The lowest BCUT2D eigenvalue weighted by Crippen LogP contribution is -2.15. The fraction of sp³-hybridized carbons (Fsp3) is 0.211. The Labute approximate surface area is 130 Å². The molecule has 0 saturated carbocycles. The molecule has 1 aliphatic carbocycles. The number of allylic oxidation sites excluding steroid dienone is 2. The van der Waals surface area contributed by atoms with Crippen molar-refractivity contribution < 1.29 is 4.79 Å². The molecule has 1 radical (unpaired) electrons. The molecule has 0 bridgehead atoms. The van der Waals surface area contributed by atoms with E-state index in [1.807, 2.05) is 36.4 Å². The summed E-state index contributed by atoms with van der Waals surface area (Å²) in [5, 5.41) is 0. The van der Waals surface area contributed by atoms with Gasteiger partial charge in [0.1, 0.15) is 0 Å². The number of nitrogens with two attached hydrogens (primary N) is 2. The van der Waals surface area contributed by atoms with E-state index in [0.29, 0.717) is 11.3 Å². The van der Waals surface area contributed by atoms with Crippen molar-refractivity contribution >= 4 is 17.2 Å². The van der Waals surface area contributed by atoms with E-state index in [-0.39, 0.29) is 0 Å². The van der Waals surface area contributed by atoms with E-state index in [2.05, 4.69) is 12.1 Å². The third-order valence-corrected chi connectivity index (χ3v) is 4.08. The molecule has 4 N–H and O–H groups in total. The number of nitrogen functional groups attached to an aromatic ring is 1. The number of hydrogen-bond acceptors (Lipinski definition) is 2. The van der Waals surface area contributed by atoms with Crippen LogP contribution >= 0.6 is 0 Å². The average Bonchev–Trinajstić information content (AvgIpc) is 2.55. The highest BCUT2D eigenvalue weighted by Gasteiger charge is 2.18. The van der Waals surface area contributed by atoms with Crippen LogP contribution in [-0.4, -0.2) is 5.91 Å². The number of primary amides is 1. The van der Waals surface area contributed by atoms with Crippen molar-refractivity contribution in [2.45, 2.75) is 25.7 Å². The molecule has 2 aromatic carbocycles. The minimum Gasteiger partial charge on any atom is -0.399 e. The lowest BCUT2D eigenvalue weighted by molar-refractivity contribution is 0.100. The predicted octanol–water partition coefficient (Wildman–Crippen LogP) is 3.79. The Morgan fingerprint density at radius 1 is 1.09 bits per heavy atom. The second kappa shape index (κ2) is 6.06. The Kier molecular flexibility index (Phi) is 3.96. The third-order valence-electron chi connectivity index (χ3n) is 4.08. The van der Waals surface area contributed by atoms with E-state index in [1.165, 1.54) is 12.0 Å². The van der Waals surface area contributed by atoms with Crippen molar-refractivity contribution in [3.63, 3.8) is 0 Å². The number of amides is 1. The molecule has 0 fully saturated rings. The fourth-order valence-electron chi connectivity index (χ4n) is 2.98. The van der Waals surface area contributed by atoms with Gasteiger partial charge in [-0.2, -0.15) is 0 Å². The van der Waals surface area contributed by atoms with Gasteiger partial charge in [-0.1, -0.05) is 30.3 Å². The lowest BCUT2D eigenvalue weighted by atomic mass is 9.87. The summed E-state index contributed by atoms with van der Waals surface area (Å²) in [6, 6.07) is 14.5. The number of carbonyl (C=O) groups excluding carboxylic acids is 1. The highest BCUT2D eigenvalue weighted by atomic mass is 16.1. The van der Waals surface area contributed by atoms with Crippen LogP contribution in [0.3, 0.4) is 0 Å². The Morgan fingerprint density at radius 3 is 2.50 bits per heavy atom. The van der Waals surface area contributed by atoms with Crippen molar-refractivity contribution in [2.75, 3.05) is 5.73 Å². The van der Waals surface area contributed by atoms with Gasteiger partial charge < -0.3 is 11.5 Å². The summed E-state index contributed by atoms with van der Waals surface area (Å²) < 4.78 is 0. The van der Waals surface area contributed by atoms with Crippen LogP contribution < -0.4 is 11.5 Å². The summed E-state index contributed by atoms with van der Waals surface area (Å²) in [5.41, 5.74) is 16.5. The molecular weight excluding hydrogens is 272 g/mol. The summed E-state index contributed by atoms with van der Waals surface area (Å²) in [6.45, 7) is 0. The zero-order valence-corrected chi connectivity index (χ0v) is 12.4. The van der Waals surface area contributed by atoms with Crippen LogP contribution in [0.5, 0.6) is 0 Å². The van der Waals surface area contributed by atoms with Gasteiger partial charge >= 0.3 is 0 Å². The van der Waals surface area contributed by atoms with Crippen LogP contribution in [0, 0.1) is 6.07 Å². The smallest absolute Gasteiger partial charge is 0.249 e. The van der Waals surface area contributed by atoms with Crippen molar-refractivity contribution in [1.82, 2.24) is 0 Å². The third kappa shape index (κ3) is 2.75. The Hall–Kier alpha value is -2.55. The molecule has 22 heavy (non-hydrogen) atoms. The Bertz CT molecular complexity index is 730. The molecule has 0 atom stereocenters. The van der Waals surface area contributed by atoms with E-state index in [0.717, 1.165) is 36.0 Å². The first-order chi connectivity index (χ1) is 10.7. The van der Waals surface area contributed by atoms with E-state index in [9.17, 15) is 4.79 Å². The first-order valence-corrected chi connectivity index (χ1v) is 7.56. The molecule has 2 aromatic rings. The monoisotopic (exact) mass is 291 g/mol. The summed E-state index contributed by atoms with van der Waals surface area (Å²) in [7, 11) is 0. The lowest BCUT2D eigenvalue weighted by Gasteiger charge is -2.17. The van der Waals surface area contributed by atoms with Gasteiger partial charge in [0.15, 0.2) is 0 Å². The van der Waals surface area contributed by atoms with Crippen LogP contribution in [0.4, 0.5) is 5.69 Å². The molecule has 0 spiro atoms. The molecule has 1 aliphatic rings. The minimum absolute atomic E-state index is 0.412. The Balaban J connectivity index is 2.16. The number of carbonyl (C=O) groups is 1. The number of benzene rings is 2. The van der Waals surface area contributed by atoms with Crippen LogP contribution in [0.15, 0.2) is 42.5 Å². The SMILES string of the molecule is NC(=O)c1c(C2=CCCCC2)[c]ccc1-c1ccc(N)cc1. The van der Waals surface area contributed by atoms with Crippen molar-refractivity contribution in [2.24, 2.45) is 5.73 Å². The highest BCUT2D eigenvalue weighted by molar-refractivity contribution is 6.04. The van der Waals surface area contributed by atoms with Crippen LogP contribution in [0.1, 0.15) is 41.6 Å². The standard InChI is InChI=1S/C19H19N2O/c20-15-11-9-14(10-12-15)17-8-4-7-16(18(17)19(21)22)13-5-2-1-3-6-13/h4-5,8-12H,1-3,6,20H2,(H2,21,22). The summed E-state index contributed by atoms with van der Waals surface area (Å²) in [5.74, 6) is -0.412. The maximum atomic E-state index is 12.1. The minimum atomic E-state index is -0.412. The van der Waals surface area contributed by atoms with Crippen LogP contribution in [0.2, 0.25) is 0 Å². The van der Waals surface area contributed by atoms with Gasteiger partial charge in [-0.25, -0.2) is 0 Å². The normalized spacial score (nSPS) is 14.5. The molecule has 3 heteroatoms. The van der Waals surface area contributed by atoms with Gasteiger partial charge in [0.2, 0.25) is 5.91 Å².